The van der Waals surface area contributed by atoms with Gasteiger partial charge in [0.25, 0.3) is 0 Å². The summed E-state index contributed by atoms with van der Waals surface area (Å²) < 4.78 is 29.3. The van der Waals surface area contributed by atoms with E-state index in [1.807, 2.05) is 38.1 Å². The fraction of sp³-hybridized carbons (Fsp3) is 0.696. The fourth-order valence-electron chi connectivity index (χ4n) is 4.64. The van der Waals surface area contributed by atoms with Crippen molar-refractivity contribution in [2.75, 3.05) is 19.4 Å². The number of piperidine rings is 1. The van der Waals surface area contributed by atoms with Crippen LogP contribution in [0.2, 0.25) is 0 Å². The van der Waals surface area contributed by atoms with Gasteiger partial charge in [-0.05, 0) is 69.6 Å². The van der Waals surface area contributed by atoms with Gasteiger partial charge in [0.1, 0.15) is 18.6 Å². The van der Waals surface area contributed by atoms with E-state index in [1.54, 1.807) is 0 Å². The lowest BCUT2D eigenvalue weighted by Gasteiger charge is -2.37. The summed E-state index contributed by atoms with van der Waals surface area (Å²) in [5.41, 5.74) is 1.83. The largest absolute Gasteiger partial charge is 0.475 e. The number of rotatable bonds is 8. The van der Waals surface area contributed by atoms with Crippen molar-refractivity contribution in [1.82, 2.24) is 5.32 Å². The molecule has 0 spiro atoms. The van der Waals surface area contributed by atoms with Crippen LogP contribution in [0.5, 0.6) is 5.75 Å². The second kappa shape index (κ2) is 11.0. The molecule has 1 aromatic carbocycles. The summed E-state index contributed by atoms with van der Waals surface area (Å²) in [6, 6.07) is 7.74. The van der Waals surface area contributed by atoms with Crippen LogP contribution in [0.3, 0.4) is 0 Å². The maximum absolute atomic E-state index is 11.7. The maximum Gasteiger partial charge on any atom is 0.151 e. The summed E-state index contributed by atoms with van der Waals surface area (Å²) in [5, 5.41) is 28.1. The van der Waals surface area contributed by atoms with E-state index in [-0.39, 0.29) is 23.3 Å². The number of oxime groups is 1. The highest BCUT2D eigenvalue weighted by atomic mass is 32.2. The first kappa shape index (κ1) is 25.0. The van der Waals surface area contributed by atoms with Crippen molar-refractivity contribution < 1.29 is 28.2 Å². The first-order valence-electron chi connectivity index (χ1n) is 11.4. The van der Waals surface area contributed by atoms with E-state index in [2.05, 4.69) is 10.5 Å². The van der Waals surface area contributed by atoms with Crippen molar-refractivity contribution >= 4 is 15.5 Å². The van der Waals surface area contributed by atoms with E-state index < -0.39 is 22.0 Å². The van der Waals surface area contributed by atoms with Gasteiger partial charge in [-0.3, -0.25) is 5.32 Å². The first-order chi connectivity index (χ1) is 15.2. The number of nitrogens with zero attached hydrogens (tertiary/aromatic N) is 1. The molecule has 0 bridgehead atoms. The van der Waals surface area contributed by atoms with E-state index in [0.717, 1.165) is 11.3 Å². The van der Waals surface area contributed by atoms with Crippen molar-refractivity contribution in [3.63, 3.8) is 0 Å². The topological polar surface area (TPSA) is 117 Å². The predicted molar refractivity (Wildman–Crippen MR) is 124 cm³/mol. The van der Waals surface area contributed by atoms with Gasteiger partial charge in [0, 0.05) is 18.7 Å². The maximum atomic E-state index is 11.7. The minimum atomic E-state index is -3.04. The van der Waals surface area contributed by atoms with Crippen molar-refractivity contribution in [2.24, 2.45) is 11.1 Å². The van der Waals surface area contributed by atoms with Crippen molar-refractivity contribution in [3.8, 4) is 5.75 Å². The number of aliphatic hydroxyl groups excluding tert-OH is 2. The number of ether oxygens (including phenoxy) is 1. The lowest BCUT2D eigenvalue weighted by Crippen LogP contribution is -2.47. The van der Waals surface area contributed by atoms with Crippen LogP contribution in [-0.2, 0) is 14.7 Å². The summed E-state index contributed by atoms with van der Waals surface area (Å²) in [4.78, 5) is 5.07. The smallest absolute Gasteiger partial charge is 0.151 e. The second-order valence-corrected chi connectivity index (χ2v) is 11.4. The molecule has 1 aliphatic carbocycles. The molecule has 3 N–H and O–H groups in total. The third kappa shape index (κ3) is 6.66. The average Bonchev–Trinajstić information content (AvgIpc) is 2.75. The quantitative estimate of drug-likeness (QED) is 0.395. The summed E-state index contributed by atoms with van der Waals surface area (Å²) in [5.74, 6) is 0.533. The molecule has 0 radical (unpaired) electrons. The molecule has 8 nitrogen and oxygen atoms in total. The van der Waals surface area contributed by atoms with Gasteiger partial charge in [-0.15, -0.1) is 0 Å². The Hall–Kier alpha value is -1.68. The molecule has 9 heteroatoms. The highest BCUT2D eigenvalue weighted by Gasteiger charge is 2.37. The van der Waals surface area contributed by atoms with E-state index in [0.29, 0.717) is 51.0 Å². The van der Waals surface area contributed by atoms with Gasteiger partial charge in [-0.25, -0.2) is 8.42 Å². The van der Waals surface area contributed by atoms with Crippen molar-refractivity contribution in [1.29, 1.82) is 0 Å². The van der Waals surface area contributed by atoms with Crippen LogP contribution in [-0.4, -0.2) is 67.4 Å². The molecule has 1 aliphatic heterocycles. The average molecular weight is 469 g/mol. The molecule has 3 rings (SSSR count). The van der Waals surface area contributed by atoms with Crippen LogP contribution < -0.4 is 10.1 Å². The number of aliphatic hydroxyl groups is 2. The van der Waals surface area contributed by atoms with Crippen molar-refractivity contribution in [2.45, 2.75) is 75.6 Å². The summed E-state index contributed by atoms with van der Waals surface area (Å²) in [6.07, 6.45) is 2.74. The Labute approximate surface area is 190 Å². The van der Waals surface area contributed by atoms with Gasteiger partial charge >= 0.3 is 0 Å². The van der Waals surface area contributed by atoms with Crippen LogP contribution in [0.15, 0.2) is 29.4 Å². The normalized spacial score (nSPS) is 31.8. The molecule has 180 valence electrons. The highest BCUT2D eigenvalue weighted by molar-refractivity contribution is 7.91. The monoisotopic (exact) mass is 468 g/mol. The Balaban J connectivity index is 1.53. The molecule has 1 saturated heterocycles. The molecule has 2 aliphatic rings. The number of benzene rings is 1. The third-order valence-electron chi connectivity index (χ3n) is 6.48. The van der Waals surface area contributed by atoms with Crippen molar-refractivity contribution in [3.05, 3.63) is 29.8 Å². The van der Waals surface area contributed by atoms with Gasteiger partial charge in [-0.2, -0.15) is 0 Å². The van der Waals surface area contributed by atoms with E-state index >= 15 is 0 Å². The van der Waals surface area contributed by atoms with Crippen LogP contribution >= 0.6 is 0 Å². The lowest BCUT2D eigenvalue weighted by molar-refractivity contribution is -0.0285. The Morgan fingerprint density at radius 3 is 2.34 bits per heavy atom. The van der Waals surface area contributed by atoms with Gasteiger partial charge in [0.2, 0.25) is 0 Å². The molecular formula is C23H36N2O6S. The minimum Gasteiger partial charge on any atom is -0.475 e. The fourth-order valence-corrected chi connectivity index (χ4v) is 5.60. The van der Waals surface area contributed by atoms with Gasteiger partial charge in [0.15, 0.2) is 9.84 Å². The molecule has 1 saturated carbocycles. The van der Waals surface area contributed by atoms with E-state index in [4.69, 9.17) is 9.57 Å². The van der Waals surface area contributed by atoms with E-state index in [1.165, 1.54) is 6.26 Å². The summed E-state index contributed by atoms with van der Waals surface area (Å²) >= 11 is 0. The number of nitrogens with one attached hydrogen (secondary N) is 1. The van der Waals surface area contributed by atoms with Gasteiger partial charge < -0.3 is 19.8 Å². The first-order valence-corrected chi connectivity index (χ1v) is 13.3. The zero-order chi connectivity index (χ0) is 23.3. The Morgan fingerprint density at radius 1 is 1.16 bits per heavy atom. The second-order valence-electron chi connectivity index (χ2n) is 9.03. The van der Waals surface area contributed by atoms with Gasteiger partial charge in [-0.1, -0.05) is 17.3 Å². The third-order valence-corrected chi connectivity index (χ3v) is 8.09. The SMILES string of the molecule is CCO/N=C(\C)CC1C(O)CC(c2ccc(OC3CCC(S(C)(=O)=O)CN3)cc2)CC1O. The molecule has 1 aromatic rings. The minimum absolute atomic E-state index is 0.0674. The molecule has 0 amide bonds. The standard InChI is InChI=1S/C23H36N2O6S/c1-4-30-25-15(2)11-20-21(26)12-17(13-22(20)27)16-5-7-18(8-6-16)31-23-10-9-19(14-24-23)32(3,28)29/h5-8,17,19-24,26-27H,4,9-14H2,1-3H3/b25-15+. The predicted octanol–water partition coefficient (Wildman–Crippen LogP) is 2.21. The molecule has 32 heavy (non-hydrogen) atoms. The number of hydrogen-bond acceptors (Lipinski definition) is 8. The summed E-state index contributed by atoms with van der Waals surface area (Å²) in [7, 11) is -3.04. The Bertz CT molecular complexity index is 853. The Kier molecular flexibility index (Phi) is 8.55. The van der Waals surface area contributed by atoms with Crippen LogP contribution in [0, 0.1) is 5.92 Å². The molecule has 2 fully saturated rings. The zero-order valence-electron chi connectivity index (χ0n) is 19.1. The molecule has 4 unspecified atom stereocenters. The zero-order valence-corrected chi connectivity index (χ0v) is 19.9. The molecule has 4 atom stereocenters. The Morgan fingerprint density at radius 2 is 1.81 bits per heavy atom. The van der Waals surface area contributed by atoms with Crippen LogP contribution in [0.25, 0.3) is 0 Å². The number of sulfone groups is 1. The number of hydrogen-bond donors (Lipinski definition) is 3. The molecule has 1 heterocycles. The van der Waals surface area contributed by atoms with Crippen LogP contribution in [0.4, 0.5) is 0 Å². The highest BCUT2D eigenvalue weighted by Crippen LogP contribution is 2.38. The van der Waals surface area contributed by atoms with Crippen LogP contribution in [0.1, 0.15) is 57.4 Å². The van der Waals surface area contributed by atoms with Gasteiger partial charge in [0.05, 0.1) is 23.2 Å². The molecular weight excluding hydrogens is 432 g/mol. The lowest BCUT2D eigenvalue weighted by atomic mass is 9.73. The molecule has 0 aromatic heterocycles. The van der Waals surface area contributed by atoms with E-state index in [9.17, 15) is 18.6 Å². The summed E-state index contributed by atoms with van der Waals surface area (Å²) in [6.45, 7) is 4.60.